The molecule has 1 fully saturated rings. The van der Waals surface area contributed by atoms with Crippen molar-refractivity contribution < 1.29 is 19.1 Å². The molecular weight excluding hydrogens is 478 g/mol. The first kappa shape index (κ1) is 21.7. The predicted molar refractivity (Wildman–Crippen MR) is 119 cm³/mol. The molecule has 1 heterocycles. The number of halogens is 2. The minimum Gasteiger partial charge on any atom is -0.493 e. The Labute approximate surface area is 187 Å². The summed E-state index contributed by atoms with van der Waals surface area (Å²) in [6.07, 6.45) is 1.68. The number of benzene rings is 2. The second kappa shape index (κ2) is 9.69. The molecule has 1 aliphatic rings. The number of nitrogens with zero attached hydrogens (tertiary/aromatic N) is 1. The van der Waals surface area contributed by atoms with E-state index >= 15 is 0 Å². The van der Waals surface area contributed by atoms with E-state index in [0.29, 0.717) is 40.2 Å². The lowest BCUT2D eigenvalue weighted by molar-refractivity contribution is -0.123. The quantitative estimate of drug-likeness (QED) is 0.431. The van der Waals surface area contributed by atoms with E-state index in [1.54, 1.807) is 36.4 Å². The van der Waals surface area contributed by atoms with Gasteiger partial charge in [-0.1, -0.05) is 23.7 Å². The molecule has 0 aliphatic carbocycles. The number of thioether (sulfide) groups is 1. The van der Waals surface area contributed by atoms with E-state index in [-0.39, 0.29) is 17.7 Å². The normalized spacial score (nSPS) is 15.3. The number of amides is 2. The van der Waals surface area contributed by atoms with E-state index in [0.717, 1.165) is 21.8 Å². The fraction of sp³-hybridized carbons (Fsp3) is 0.238. The van der Waals surface area contributed by atoms with Gasteiger partial charge < -0.3 is 9.47 Å². The standard InChI is InChI=1S/C21H19BrClNO4S/c1-3-27-17-11-18(28-4-2)16(22)9-14(17)10-19-20(25)24(21(26)29-19)12-13-5-7-15(23)8-6-13/h5-11H,3-4,12H2,1-2H3. The molecular formula is C21H19BrClNO4S. The van der Waals surface area contributed by atoms with Crippen molar-refractivity contribution >= 4 is 56.5 Å². The first-order valence-corrected chi connectivity index (χ1v) is 11.0. The van der Waals surface area contributed by atoms with Crippen LogP contribution in [0.2, 0.25) is 5.02 Å². The van der Waals surface area contributed by atoms with Gasteiger partial charge >= 0.3 is 0 Å². The van der Waals surface area contributed by atoms with E-state index in [4.69, 9.17) is 21.1 Å². The largest absolute Gasteiger partial charge is 0.493 e. The average Bonchev–Trinajstić information content (AvgIpc) is 2.94. The lowest BCUT2D eigenvalue weighted by Gasteiger charge is -2.13. The molecule has 0 N–H and O–H groups in total. The Bertz CT molecular complexity index is 962. The summed E-state index contributed by atoms with van der Waals surface area (Å²) < 4.78 is 12.0. The molecule has 29 heavy (non-hydrogen) atoms. The summed E-state index contributed by atoms with van der Waals surface area (Å²) >= 11 is 10.3. The predicted octanol–water partition coefficient (Wildman–Crippen LogP) is 6.14. The average molecular weight is 497 g/mol. The SMILES string of the molecule is CCOc1cc(OCC)c(C=C2SC(=O)N(Cc3ccc(Cl)cc3)C2=O)cc1Br. The number of ether oxygens (including phenoxy) is 2. The summed E-state index contributed by atoms with van der Waals surface area (Å²) in [7, 11) is 0. The molecule has 1 aliphatic heterocycles. The Morgan fingerprint density at radius 2 is 1.72 bits per heavy atom. The Balaban J connectivity index is 1.88. The number of imide groups is 1. The van der Waals surface area contributed by atoms with Gasteiger partial charge in [-0.25, -0.2) is 0 Å². The molecule has 0 spiro atoms. The number of carbonyl (C=O) groups is 2. The summed E-state index contributed by atoms with van der Waals surface area (Å²) in [5.41, 5.74) is 1.52. The van der Waals surface area contributed by atoms with Crippen LogP contribution in [-0.4, -0.2) is 29.3 Å². The van der Waals surface area contributed by atoms with Gasteiger partial charge in [0.25, 0.3) is 11.1 Å². The highest BCUT2D eigenvalue weighted by atomic mass is 79.9. The lowest BCUT2D eigenvalue weighted by Crippen LogP contribution is -2.27. The van der Waals surface area contributed by atoms with Crippen molar-refractivity contribution in [3.63, 3.8) is 0 Å². The fourth-order valence-corrected chi connectivity index (χ4v) is 4.19. The van der Waals surface area contributed by atoms with Crippen molar-refractivity contribution in [1.29, 1.82) is 0 Å². The van der Waals surface area contributed by atoms with Crippen LogP contribution in [0, 0.1) is 0 Å². The maximum atomic E-state index is 12.8. The second-order valence-corrected chi connectivity index (χ2v) is 8.36. The molecule has 0 aromatic heterocycles. The summed E-state index contributed by atoms with van der Waals surface area (Å²) in [6, 6.07) is 10.7. The molecule has 2 aromatic rings. The Kier molecular flexibility index (Phi) is 7.27. The maximum absolute atomic E-state index is 12.8. The van der Waals surface area contributed by atoms with E-state index in [2.05, 4.69) is 15.9 Å². The molecule has 2 amide bonds. The van der Waals surface area contributed by atoms with Crippen LogP contribution in [0.25, 0.3) is 6.08 Å². The van der Waals surface area contributed by atoms with Gasteiger partial charge in [0.05, 0.1) is 29.1 Å². The molecule has 8 heteroatoms. The van der Waals surface area contributed by atoms with Crippen LogP contribution in [0.15, 0.2) is 45.8 Å². The number of hydrogen-bond acceptors (Lipinski definition) is 5. The molecule has 5 nitrogen and oxygen atoms in total. The van der Waals surface area contributed by atoms with Gasteiger partial charge in [0.15, 0.2) is 0 Å². The smallest absolute Gasteiger partial charge is 0.293 e. The molecule has 0 unspecified atom stereocenters. The highest BCUT2D eigenvalue weighted by Gasteiger charge is 2.35. The van der Waals surface area contributed by atoms with Crippen LogP contribution >= 0.6 is 39.3 Å². The summed E-state index contributed by atoms with van der Waals surface area (Å²) in [5.74, 6) is 0.912. The summed E-state index contributed by atoms with van der Waals surface area (Å²) in [5, 5.41) is 0.298. The van der Waals surface area contributed by atoms with Crippen LogP contribution < -0.4 is 9.47 Å². The first-order chi connectivity index (χ1) is 13.9. The Hall–Kier alpha value is -1.96. The van der Waals surface area contributed by atoms with Gasteiger partial charge in [0.2, 0.25) is 0 Å². The van der Waals surface area contributed by atoms with Crippen molar-refractivity contribution in [2.45, 2.75) is 20.4 Å². The van der Waals surface area contributed by atoms with E-state index in [9.17, 15) is 9.59 Å². The Morgan fingerprint density at radius 3 is 2.38 bits per heavy atom. The van der Waals surface area contributed by atoms with E-state index in [1.165, 1.54) is 4.90 Å². The zero-order valence-corrected chi connectivity index (χ0v) is 19.1. The Morgan fingerprint density at radius 1 is 1.07 bits per heavy atom. The number of rotatable bonds is 7. The van der Waals surface area contributed by atoms with Crippen LogP contribution in [0.4, 0.5) is 4.79 Å². The molecule has 2 aromatic carbocycles. The van der Waals surface area contributed by atoms with E-state index in [1.807, 2.05) is 19.9 Å². The van der Waals surface area contributed by atoms with Crippen molar-refractivity contribution in [1.82, 2.24) is 4.90 Å². The van der Waals surface area contributed by atoms with Gasteiger partial charge in [-0.3, -0.25) is 14.5 Å². The van der Waals surface area contributed by atoms with Crippen molar-refractivity contribution in [2.24, 2.45) is 0 Å². The van der Waals surface area contributed by atoms with Crippen molar-refractivity contribution in [3.05, 3.63) is 61.9 Å². The molecule has 0 saturated carbocycles. The third-order valence-electron chi connectivity index (χ3n) is 4.08. The van der Waals surface area contributed by atoms with Crippen LogP contribution in [-0.2, 0) is 11.3 Å². The highest BCUT2D eigenvalue weighted by Crippen LogP contribution is 2.38. The van der Waals surface area contributed by atoms with Crippen LogP contribution in [0.3, 0.4) is 0 Å². The van der Waals surface area contributed by atoms with Gasteiger partial charge in [-0.15, -0.1) is 0 Å². The number of carbonyl (C=O) groups excluding carboxylic acids is 2. The first-order valence-electron chi connectivity index (χ1n) is 9.01. The number of hydrogen-bond donors (Lipinski definition) is 0. The van der Waals surface area contributed by atoms with Gasteiger partial charge in [-0.05, 0) is 71.4 Å². The topological polar surface area (TPSA) is 55.8 Å². The van der Waals surface area contributed by atoms with Crippen LogP contribution in [0.5, 0.6) is 11.5 Å². The molecule has 152 valence electrons. The van der Waals surface area contributed by atoms with Gasteiger partial charge in [0, 0.05) is 16.7 Å². The molecule has 0 bridgehead atoms. The minimum atomic E-state index is -0.331. The molecule has 0 radical (unpaired) electrons. The van der Waals surface area contributed by atoms with Gasteiger partial charge in [0.1, 0.15) is 11.5 Å². The zero-order chi connectivity index (χ0) is 21.0. The monoisotopic (exact) mass is 495 g/mol. The summed E-state index contributed by atoms with van der Waals surface area (Å²) in [6.45, 7) is 4.97. The summed E-state index contributed by atoms with van der Waals surface area (Å²) in [4.78, 5) is 26.8. The molecule has 1 saturated heterocycles. The van der Waals surface area contributed by atoms with Gasteiger partial charge in [-0.2, -0.15) is 0 Å². The van der Waals surface area contributed by atoms with E-state index < -0.39 is 0 Å². The third kappa shape index (κ3) is 5.15. The van der Waals surface area contributed by atoms with Crippen molar-refractivity contribution in [3.8, 4) is 11.5 Å². The molecule has 3 rings (SSSR count). The molecule has 0 atom stereocenters. The highest BCUT2D eigenvalue weighted by molar-refractivity contribution is 9.10. The van der Waals surface area contributed by atoms with Crippen LogP contribution in [0.1, 0.15) is 25.0 Å². The van der Waals surface area contributed by atoms with Crippen molar-refractivity contribution in [2.75, 3.05) is 13.2 Å². The zero-order valence-electron chi connectivity index (χ0n) is 15.9. The lowest BCUT2D eigenvalue weighted by atomic mass is 10.1. The third-order valence-corrected chi connectivity index (χ3v) is 5.86. The fourth-order valence-electron chi connectivity index (χ4n) is 2.76. The minimum absolute atomic E-state index is 0.199. The second-order valence-electron chi connectivity index (χ2n) is 6.08. The maximum Gasteiger partial charge on any atom is 0.293 e.